The molecule has 1 fully saturated rings. The molecule has 0 saturated carbocycles. The molecule has 0 aromatic heterocycles. The maximum absolute atomic E-state index is 12.7. The number of likely N-dealkylation sites (tertiary alicyclic amines) is 1. The molecule has 0 amide bonds. The van der Waals surface area contributed by atoms with E-state index in [2.05, 4.69) is 12.2 Å². The fourth-order valence-electron chi connectivity index (χ4n) is 2.53. The summed E-state index contributed by atoms with van der Waals surface area (Å²) >= 11 is 0. The van der Waals surface area contributed by atoms with E-state index in [9.17, 15) is 13.2 Å². The number of nitrogens with zero attached hydrogens (tertiary/aromatic N) is 1. The van der Waals surface area contributed by atoms with Crippen molar-refractivity contribution in [3.63, 3.8) is 0 Å². The van der Waals surface area contributed by atoms with Crippen LogP contribution in [0.5, 0.6) is 0 Å². The van der Waals surface area contributed by atoms with Gasteiger partial charge in [-0.25, -0.2) is 0 Å². The third-order valence-electron chi connectivity index (χ3n) is 3.50. The van der Waals surface area contributed by atoms with Gasteiger partial charge in [0, 0.05) is 26.2 Å². The van der Waals surface area contributed by atoms with Crippen LogP contribution in [-0.4, -0.2) is 57.0 Å². The number of hydrogen-bond donors (Lipinski definition) is 1. The predicted molar refractivity (Wildman–Crippen MR) is 69.2 cm³/mol. The number of nitrogens with one attached hydrogen (secondary N) is 1. The van der Waals surface area contributed by atoms with Gasteiger partial charge in [0.25, 0.3) is 0 Å². The van der Waals surface area contributed by atoms with Crippen molar-refractivity contribution >= 4 is 0 Å². The summed E-state index contributed by atoms with van der Waals surface area (Å²) in [6.07, 6.45) is -2.17. The summed E-state index contributed by atoms with van der Waals surface area (Å²) in [4.78, 5) is 1.91. The van der Waals surface area contributed by atoms with Crippen LogP contribution in [0.3, 0.4) is 0 Å². The number of rotatable bonds is 7. The summed E-state index contributed by atoms with van der Waals surface area (Å²) in [5.74, 6) is -1.17. The van der Waals surface area contributed by atoms with Gasteiger partial charge in [-0.05, 0) is 32.4 Å². The molecule has 2 unspecified atom stereocenters. The summed E-state index contributed by atoms with van der Waals surface area (Å²) in [7, 11) is 1.62. The topological polar surface area (TPSA) is 24.5 Å². The lowest BCUT2D eigenvalue weighted by Gasteiger charge is -2.35. The van der Waals surface area contributed by atoms with E-state index in [1.165, 1.54) is 0 Å². The van der Waals surface area contributed by atoms with E-state index in [4.69, 9.17) is 4.74 Å². The molecule has 0 radical (unpaired) electrons. The van der Waals surface area contributed by atoms with E-state index in [0.717, 1.165) is 19.5 Å². The Morgan fingerprint density at radius 1 is 1.42 bits per heavy atom. The van der Waals surface area contributed by atoms with Gasteiger partial charge in [0.15, 0.2) is 0 Å². The number of alkyl halides is 3. The first-order valence-corrected chi connectivity index (χ1v) is 6.98. The minimum Gasteiger partial charge on any atom is -0.383 e. The van der Waals surface area contributed by atoms with Crippen molar-refractivity contribution in [3.05, 3.63) is 0 Å². The molecule has 0 spiro atoms. The molecule has 0 aromatic carbocycles. The Labute approximate surface area is 113 Å². The van der Waals surface area contributed by atoms with Crippen LogP contribution in [0.4, 0.5) is 13.2 Å². The molecule has 1 rings (SSSR count). The van der Waals surface area contributed by atoms with Crippen molar-refractivity contribution in [3.8, 4) is 0 Å². The van der Waals surface area contributed by atoms with E-state index in [1.807, 2.05) is 4.90 Å². The number of ether oxygens (including phenoxy) is 1. The van der Waals surface area contributed by atoms with Crippen LogP contribution in [-0.2, 0) is 4.74 Å². The van der Waals surface area contributed by atoms with Crippen LogP contribution in [0.25, 0.3) is 0 Å². The maximum Gasteiger partial charge on any atom is 0.393 e. The van der Waals surface area contributed by atoms with Gasteiger partial charge >= 0.3 is 6.18 Å². The predicted octanol–water partition coefficient (Wildman–Crippen LogP) is 2.28. The highest BCUT2D eigenvalue weighted by atomic mass is 19.4. The second kappa shape index (κ2) is 8.07. The van der Waals surface area contributed by atoms with Gasteiger partial charge in [-0.15, -0.1) is 0 Å². The first kappa shape index (κ1) is 16.7. The minimum absolute atomic E-state index is 0.108. The van der Waals surface area contributed by atoms with Gasteiger partial charge in [0.1, 0.15) is 0 Å². The highest BCUT2D eigenvalue weighted by molar-refractivity contribution is 4.81. The normalized spacial score (nSPS) is 23.5. The van der Waals surface area contributed by atoms with Gasteiger partial charge in [0.2, 0.25) is 0 Å². The van der Waals surface area contributed by atoms with E-state index in [0.29, 0.717) is 19.6 Å². The maximum atomic E-state index is 12.7. The Kier molecular flexibility index (Phi) is 7.10. The molecular formula is C13H25F3N2O. The smallest absolute Gasteiger partial charge is 0.383 e. The lowest BCUT2D eigenvalue weighted by Crippen LogP contribution is -2.49. The molecule has 2 atom stereocenters. The Hall–Kier alpha value is -0.330. The average molecular weight is 282 g/mol. The lowest BCUT2D eigenvalue weighted by molar-refractivity contribution is -0.187. The molecule has 1 aliphatic heterocycles. The molecule has 1 saturated heterocycles. The molecule has 1 heterocycles. The monoisotopic (exact) mass is 282 g/mol. The summed E-state index contributed by atoms with van der Waals surface area (Å²) < 4.78 is 43.3. The van der Waals surface area contributed by atoms with Crippen LogP contribution in [0.2, 0.25) is 0 Å². The van der Waals surface area contributed by atoms with Crippen molar-refractivity contribution in [2.45, 2.75) is 38.4 Å². The summed E-state index contributed by atoms with van der Waals surface area (Å²) in [6.45, 7) is 4.97. The molecule has 19 heavy (non-hydrogen) atoms. The van der Waals surface area contributed by atoms with Gasteiger partial charge < -0.3 is 15.0 Å². The molecule has 0 aromatic rings. The van der Waals surface area contributed by atoms with Crippen LogP contribution in [0.15, 0.2) is 0 Å². The first-order valence-electron chi connectivity index (χ1n) is 6.98. The zero-order valence-corrected chi connectivity index (χ0v) is 11.8. The fraction of sp³-hybridized carbons (Fsp3) is 1.00. The fourth-order valence-corrected chi connectivity index (χ4v) is 2.53. The second-order valence-electron chi connectivity index (χ2n) is 5.25. The SMILES string of the molecule is CCCNC(COC)CN1CCCC(C(F)(F)F)C1. The van der Waals surface area contributed by atoms with Crippen molar-refractivity contribution in [2.24, 2.45) is 5.92 Å². The molecule has 1 aliphatic rings. The highest BCUT2D eigenvalue weighted by Crippen LogP contribution is 2.33. The van der Waals surface area contributed by atoms with Crippen LogP contribution >= 0.6 is 0 Å². The molecule has 3 nitrogen and oxygen atoms in total. The van der Waals surface area contributed by atoms with Crippen LogP contribution in [0.1, 0.15) is 26.2 Å². The summed E-state index contributed by atoms with van der Waals surface area (Å²) in [5.41, 5.74) is 0. The Morgan fingerprint density at radius 3 is 2.74 bits per heavy atom. The zero-order chi connectivity index (χ0) is 14.3. The van der Waals surface area contributed by atoms with Crippen molar-refractivity contribution in [1.82, 2.24) is 10.2 Å². The summed E-state index contributed by atoms with van der Waals surface area (Å²) in [6, 6.07) is 0.108. The zero-order valence-electron chi connectivity index (χ0n) is 11.8. The molecular weight excluding hydrogens is 257 g/mol. The van der Waals surface area contributed by atoms with Crippen LogP contribution < -0.4 is 5.32 Å². The highest BCUT2D eigenvalue weighted by Gasteiger charge is 2.41. The van der Waals surface area contributed by atoms with Crippen molar-refractivity contribution < 1.29 is 17.9 Å². The largest absolute Gasteiger partial charge is 0.393 e. The van der Waals surface area contributed by atoms with E-state index in [-0.39, 0.29) is 19.0 Å². The standard InChI is InChI=1S/C13H25F3N2O/c1-3-6-17-12(10-19-2)9-18-7-4-5-11(8-18)13(14,15)16/h11-12,17H,3-10H2,1-2H3. The Morgan fingerprint density at radius 2 is 2.16 bits per heavy atom. The second-order valence-corrected chi connectivity index (χ2v) is 5.25. The van der Waals surface area contributed by atoms with Gasteiger partial charge in [0.05, 0.1) is 12.5 Å². The molecule has 0 aliphatic carbocycles. The minimum atomic E-state index is -4.06. The van der Waals surface area contributed by atoms with Gasteiger partial charge in [-0.1, -0.05) is 6.92 Å². The van der Waals surface area contributed by atoms with Crippen molar-refractivity contribution in [2.75, 3.05) is 39.9 Å². The average Bonchev–Trinajstić information content (AvgIpc) is 2.35. The first-order chi connectivity index (χ1) is 8.97. The Bertz CT molecular complexity index is 249. The number of piperidine rings is 1. The molecule has 0 bridgehead atoms. The Balaban J connectivity index is 2.44. The number of halogens is 3. The van der Waals surface area contributed by atoms with Crippen LogP contribution in [0, 0.1) is 5.92 Å². The third kappa shape index (κ3) is 6.10. The van der Waals surface area contributed by atoms with E-state index in [1.54, 1.807) is 7.11 Å². The molecule has 1 N–H and O–H groups in total. The molecule has 6 heteroatoms. The van der Waals surface area contributed by atoms with Crippen molar-refractivity contribution in [1.29, 1.82) is 0 Å². The van der Waals surface area contributed by atoms with E-state index < -0.39 is 12.1 Å². The van der Waals surface area contributed by atoms with Gasteiger partial charge in [-0.3, -0.25) is 0 Å². The summed E-state index contributed by atoms with van der Waals surface area (Å²) in [5, 5.41) is 3.32. The number of methoxy groups -OCH3 is 1. The molecule has 114 valence electrons. The lowest BCUT2D eigenvalue weighted by atomic mass is 9.97. The van der Waals surface area contributed by atoms with Gasteiger partial charge in [-0.2, -0.15) is 13.2 Å². The van der Waals surface area contributed by atoms with E-state index >= 15 is 0 Å². The number of hydrogen-bond acceptors (Lipinski definition) is 3. The quantitative estimate of drug-likeness (QED) is 0.775. The third-order valence-corrected chi connectivity index (χ3v) is 3.50.